The molecule has 1 heterocycles. The molecule has 1 aromatic carbocycles. The maximum atomic E-state index is 14.2. The summed E-state index contributed by atoms with van der Waals surface area (Å²) in [6.45, 7) is 5.01. The second kappa shape index (κ2) is 8.72. The number of aromatic nitrogens is 2. The van der Waals surface area contributed by atoms with Crippen LogP contribution in [-0.4, -0.2) is 22.1 Å². The third kappa shape index (κ3) is 4.69. The summed E-state index contributed by atoms with van der Waals surface area (Å²) in [4.78, 5) is 8.27. The van der Waals surface area contributed by atoms with Crippen molar-refractivity contribution in [2.75, 3.05) is 6.54 Å². The third-order valence-corrected chi connectivity index (χ3v) is 3.09. The van der Waals surface area contributed by atoms with Gasteiger partial charge in [-0.05, 0) is 31.0 Å². The molecule has 3 N–H and O–H groups in total. The fourth-order valence-corrected chi connectivity index (χ4v) is 1.96. The van der Waals surface area contributed by atoms with Gasteiger partial charge in [0.05, 0.1) is 12.2 Å². The van der Waals surface area contributed by atoms with Crippen LogP contribution in [0.4, 0.5) is 4.39 Å². The largest absolute Gasteiger partial charge is 0.370 e. The second-order valence-corrected chi connectivity index (χ2v) is 4.76. The number of aliphatic imine (C=N–C) groups is 1. The standard InChI is InChI=1S/C15H20FN5.HI/c1-3-6-19-15(17)20-10-12-4-5-14(13(16)9-12)21-8-7-18-11(21)2;/h4-5,7-9H,3,6,10H2,1-2H3,(H3,17,19,20);1H. The van der Waals surface area contributed by atoms with Gasteiger partial charge in [0, 0.05) is 18.9 Å². The minimum Gasteiger partial charge on any atom is -0.370 e. The molecule has 0 unspecified atom stereocenters. The van der Waals surface area contributed by atoms with Crippen molar-refractivity contribution in [2.45, 2.75) is 26.8 Å². The van der Waals surface area contributed by atoms with E-state index in [1.807, 2.05) is 19.9 Å². The van der Waals surface area contributed by atoms with E-state index >= 15 is 0 Å². The number of aryl methyl sites for hydroxylation is 1. The van der Waals surface area contributed by atoms with E-state index in [4.69, 9.17) is 5.73 Å². The highest BCUT2D eigenvalue weighted by Crippen LogP contribution is 2.17. The molecule has 0 fully saturated rings. The topological polar surface area (TPSA) is 68.2 Å². The van der Waals surface area contributed by atoms with E-state index in [2.05, 4.69) is 15.3 Å². The molecule has 0 aliphatic rings. The Kier molecular flexibility index (Phi) is 7.30. The first-order chi connectivity index (χ1) is 10.1. The summed E-state index contributed by atoms with van der Waals surface area (Å²) in [6, 6.07) is 5.05. The molecule has 7 heteroatoms. The minimum atomic E-state index is -0.302. The summed E-state index contributed by atoms with van der Waals surface area (Å²) >= 11 is 0. The third-order valence-electron chi connectivity index (χ3n) is 3.09. The number of hydrogen-bond donors (Lipinski definition) is 2. The lowest BCUT2D eigenvalue weighted by Gasteiger charge is -2.08. The number of hydrogen-bond acceptors (Lipinski definition) is 2. The van der Waals surface area contributed by atoms with E-state index in [1.165, 1.54) is 6.07 Å². The molecule has 2 rings (SSSR count). The summed E-state index contributed by atoms with van der Waals surface area (Å²) in [5.74, 6) is 0.823. The predicted molar refractivity (Wildman–Crippen MR) is 97.3 cm³/mol. The minimum absolute atomic E-state index is 0. The van der Waals surface area contributed by atoms with Crippen LogP contribution in [0.5, 0.6) is 0 Å². The molecule has 0 spiro atoms. The van der Waals surface area contributed by atoms with E-state index in [-0.39, 0.29) is 29.8 Å². The number of imidazole rings is 1. The number of rotatable bonds is 5. The Morgan fingerprint density at radius 3 is 2.82 bits per heavy atom. The lowest BCUT2D eigenvalue weighted by atomic mass is 10.2. The molecule has 0 radical (unpaired) electrons. The van der Waals surface area contributed by atoms with Gasteiger partial charge in [-0.25, -0.2) is 14.4 Å². The molecule has 0 aliphatic carbocycles. The summed E-state index contributed by atoms with van der Waals surface area (Å²) in [7, 11) is 0. The maximum absolute atomic E-state index is 14.2. The Hall–Kier alpha value is -1.64. The van der Waals surface area contributed by atoms with Crippen molar-refractivity contribution in [1.82, 2.24) is 14.9 Å². The first-order valence-corrected chi connectivity index (χ1v) is 6.94. The smallest absolute Gasteiger partial charge is 0.188 e. The van der Waals surface area contributed by atoms with Crippen molar-refractivity contribution in [3.05, 3.63) is 47.8 Å². The number of nitrogens with one attached hydrogen (secondary N) is 1. The van der Waals surface area contributed by atoms with Crippen LogP contribution >= 0.6 is 24.0 Å². The Bertz CT molecular complexity index is 639. The van der Waals surface area contributed by atoms with Crippen LogP contribution in [0.3, 0.4) is 0 Å². The molecule has 0 aliphatic heterocycles. The van der Waals surface area contributed by atoms with Gasteiger partial charge in [-0.2, -0.15) is 0 Å². The van der Waals surface area contributed by atoms with E-state index in [1.54, 1.807) is 23.0 Å². The first kappa shape index (κ1) is 18.4. The van der Waals surface area contributed by atoms with E-state index < -0.39 is 0 Å². The molecule has 1 aromatic heterocycles. The van der Waals surface area contributed by atoms with Crippen LogP contribution in [-0.2, 0) is 6.54 Å². The molecule has 22 heavy (non-hydrogen) atoms. The van der Waals surface area contributed by atoms with Crippen LogP contribution in [0.2, 0.25) is 0 Å². The number of nitrogens with zero attached hydrogens (tertiary/aromatic N) is 3. The normalized spacial score (nSPS) is 11.1. The first-order valence-electron chi connectivity index (χ1n) is 6.94. The van der Waals surface area contributed by atoms with Gasteiger partial charge in [0.1, 0.15) is 11.6 Å². The highest BCUT2D eigenvalue weighted by atomic mass is 127. The van der Waals surface area contributed by atoms with Gasteiger partial charge in [0.25, 0.3) is 0 Å². The molecule has 0 bridgehead atoms. The quantitative estimate of drug-likeness (QED) is 0.447. The van der Waals surface area contributed by atoms with Gasteiger partial charge in [0.15, 0.2) is 5.96 Å². The summed E-state index contributed by atoms with van der Waals surface area (Å²) in [6.07, 6.45) is 4.36. The summed E-state index contributed by atoms with van der Waals surface area (Å²) in [5, 5.41) is 2.98. The van der Waals surface area contributed by atoms with Crippen LogP contribution in [0.15, 0.2) is 35.6 Å². The Morgan fingerprint density at radius 2 is 2.23 bits per heavy atom. The van der Waals surface area contributed by atoms with Gasteiger partial charge in [-0.1, -0.05) is 13.0 Å². The molecule has 5 nitrogen and oxygen atoms in total. The molecule has 0 saturated carbocycles. The zero-order valence-corrected chi connectivity index (χ0v) is 15.0. The van der Waals surface area contributed by atoms with Gasteiger partial charge >= 0.3 is 0 Å². The fourth-order valence-electron chi connectivity index (χ4n) is 1.96. The monoisotopic (exact) mass is 417 g/mol. The molecule has 0 saturated heterocycles. The second-order valence-electron chi connectivity index (χ2n) is 4.76. The van der Waals surface area contributed by atoms with Crippen molar-refractivity contribution in [2.24, 2.45) is 10.7 Å². The van der Waals surface area contributed by atoms with Gasteiger partial charge in [-0.3, -0.25) is 0 Å². The average molecular weight is 417 g/mol. The molecule has 2 aromatic rings. The van der Waals surface area contributed by atoms with Crippen molar-refractivity contribution in [3.8, 4) is 5.69 Å². The Morgan fingerprint density at radius 1 is 1.45 bits per heavy atom. The lowest BCUT2D eigenvalue weighted by Crippen LogP contribution is -2.32. The van der Waals surface area contributed by atoms with Crippen molar-refractivity contribution >= 4 is 29.9 Å². The predicted octanol–water partition coefficient (Wildman–Crippen LogP) is 2.75. The maximum Gasteiger partial charge on any atom is 0.188 e. The highest BCUT2D eigenvalue weighted by Gasteiger charge is 2.07. The van der Waals surface area contributed by atoms with Gasteiger partial charge in [-0.15, -0.1) is 24.0 Å². The number of guanidine groups is 1. The van der Waals surface area contributed by atoms with Gasteiger partial charge in [0.2, 0.25) is 0 Å². The highest BCUT2D eigenvalue weighted by molar-refractivity contribution is 14.0. The van der Waals surface area contributed by atoms with Crippen LogP contribution in [0.25, 0.3) is 5.69 Å². The average Bonchev–Trinajstić information content (AvgIpc) is 2.89. The van der Waals surface area contributed by atoms with Crippen LogP contribution in [0, 0.1) is 12.7 Å². The summed E-state index contributed by atoms with van der Waals surface area (Å²) < 4.78 is 15.9. The van der Waals surface area contributed by atoms with E-state index in [0.29, 0.717) is 18.2 Å². The number of nitrogens with two attached hydrogens (primary N) is 1. The van der Waals surface area contributed by atoms with Crippen molar-refractivity contribution in [1.29, 1.82) is 0 Å². The molecule has 120 valence electrons. The fraction of sp³-hybridized carbons (Fsp3) is 0.333. The van der Waals surface area contributed by atoms with Crippen molar-refractivity contribution < 1.29 is 4.39 Å². The molecular weight excluding hydrogens is 396 g/mol. The lowest BCUT2D eigenvalue weighted by molar-refractivity contribution is 0.614. The van der Waals surface area contributed by atoms with Crippen LogP contribution in [0.1, 0.15) is 24.7 Å². The van der Waals surface area contributed by atoms with Crippen molar-refractivity contribution in [3.63, 3.8) is 0 Å². The van der Waals surface area contributed by atoms with Crippen LogP contribution < -0.4 is 11.1 Å². The number of benzene rings is 1. The molecular formula is C15H21FIN5. The molecule has 0 atom stereocenters. The van der Waals surface area contributed by atoms with E-state index in [9.17, 15) is 4.39 Å². The van der Waals surface area contributed by atoms with Gasteiger partial charge < -0.3 is 15.6 Å². The Balaban J connectivity index is 0.00000242. The summed E-state index contributed by atoms with van der Waals surface area (Å²) in [5.41, 5.74) is 6.96. The zero-order chi connectivity index (χ0) is 15.2. The SMILES string of the molecule is CCCNC(N)=NCc1ccc(-n2ccnc2C)c(F)c1.I. The molecule has 0 amide bonds. The zero-order valence-electron chi connectivity index (χ0n) is 12.7. The Labute approximate surface area is 146 Å². The van der Waals surface area contributed by atoms with E-state index in [0.717, 1.165) is 24.4 Å². The number of halogens is 2.